The largest absolute Gasteiger partial charge is 0.397 e. The zero-order valence-electron chi connectivity index (χ0n) is 8.31. The maximum Gasteiger partial charge on any atom is 0.125 e. The molecule has 0 aliphatic carbocycles. The van der Waals surface area contributed by atoms with E-state index in [2.05, 4.69) is 4.98 Å². The zero-order chi connectivity index (χ0) is 11.5. The summed E-state index contributed by atoms with van der Waals surface area (Å²) in [6.07, 6.45) is 1.57. The molecule has 16 heavy (non-hydrogen) atoms. The molecule has 3 nitrogen and oxygen atoms in total. The number of anilines is 1. The third kappa shape index (κ3) is 1.84. The van der Waals surface area contributed by atoms with E-state index < -0.39 is 5.82 Å². The molecule has 1 aromatic carbocycles. The second-order valence-corrected chi connectivity index (χ2v) is 3.28. The number of hydrogen-bond donors (Lipinski definition) is 1. The summed E-state index contributed by atoms with van der Waals surface area (Å²) in [5.41, 5.74) is 7.43. The second kappa shape index (κ2) is 3.99. The van der Waals surface area contributed by atoms with Crippen molar-refractivity contribution in [2.45, 2.75) is 0 Å². The van der Waals surface area contributed by atoms with Crippen LogP contribution >= 0.6 is 0 Å². The van der Waals surface area contributed by atoms with Crippen molar-refractivity contribution >= 4 is 5.69 Å². The standard InChI is InChI=1S/C12H8FN3/c13-10-5-8(7-14)4-9(6-10)12-11(15)2-1-3-16-12/h1-6H,15H2. The van der Waals surface area contributed by atoms with Crippen LogP contribution in [0.25, 0.3) is 11.3 Å². The molecule has 0 fully saturated rings. The molecular formula is C12H8FN3. The number of nitrogens with zero attached hydrogens (tertiary/aromatic N) is 2. The minimum absolute atomic E-state index is 0.250. The van der Waals surface area contributed by atoms with Crippen molar-refractivity contribution in [1.82, 2.24) is 4.98 Å². The van der Waals surface area contributed by atoms with Gasteiger partial charge in [0.1, 0.15) is 5.82 Å². The van der Waals surface area contributed by atoms with Gasteiger partial charge in [-0.25, -0.2) is 4.39 Å². The van der Waals surface area contributed by atoms with Crippen molar-refractivity contribution in [1.29, 1.82) is 5.26 Å². The van der Waals surface area contributed by atoms with Crippen LogP contribution in [0.4, 0.5) is 10.1 Å². The molecule has 0 saturated carbocycles. The normalized spacial score (nSPS) is 9.75. The number of hydrogen-bond acceptors (Lipinski definition) is 3. The van der Waals surface area contributed by atoms with Crippen LogP contribution in [-0.2, 0) is 0 Å². The first kappa shape index (κ1) is 10.1. The summed E-state index contributed by atoms with van der Waals surface area (Å²) >= 11 is 0. The van der Waals surface area contributed by atoms with Gasteiger partial charge in [0.25, 0.3) is 0 Å². The van der Waals surface area contributed by atoms with Gasteiger partial charge in [-0.15, -0.1) is 0 Å². The fourth-order valence-corrected chi connectivity index (χ4v) is 1.45. The van der Waals surface area contributed by atoms with Gasteiger partial charge in [0.2, 0.25) is 0 Å². The lowest BCUT2D eigenvalue weighted by Crippen LogP contribution is -1.93. The second-order valence-electron chi connectivity index (χ2n) is 3.28. The topological polar surface area (TPSA) is 62.7 Å². The highest BCUT2D eigenvalue weighted by molar-refractivity contribution is 5.73. The predicted octanol–water partition coefficient (Wildman–Crippen LogP) is 2.34. The van der Waals surface area contributed by atoms with Gasteiger partial charge < -0.3 is 5.73 Å². The fourth-order valence-electron chi connectivity index (χ4n) is 1.45. The number of pyridine rings is 1. The van der Waals surface area contributed by atoms with Gasteiger partial charge in [0.15, 0.2) is 0 Å². The van der Waals surface area contributed by atoms with E-state index in [1.165, 1.54) is 12.1 Å². The SMILES string of the molecule is N#Cc1cc(F)cc(-c2ncccc2N)c1. The Bertz CT molecular complexity index is 573. The van der Waals surface area contributed by atoms with Gasteiger partial charge in [0, 0.05) is 11.8 Å². The Morgan fingerprint density at radius 1 is 1.31 bits per heavy atom. The Morgan fingerprint density at radius 3 is 2.81 bits per heavy atom. The summed E-state index contributed by atoms with van der Waals surface area (Å²) in [5, 5.41) is 8.73. The van der Waals surface area contributed by atoms with Gasteiger partial charge >= 0.3 is 0 Å². The first-order valence-corrected chi connectivity index (χ1v) is 4.62. The Labute approximate surface area is 92.0 Å². The Morgan fingerprint density at radius 2 is 2.12 bits per heavy atom. The van der Waals surface area contributed by atoms with Crippen LogP contribution < -0.4 is 5.73 Å². The third-order valence-electron chi connectivity index (χ3n) is 2.14. The molecule has 0 atom stereocenters. The molecule has 0 aliphatic rings. The molecule has 1 aromatic heterocycles. The molecule has 0 saturated heterocycles. The summed E-state index contributed by atoms with van der Waals surface area (Å²) in [6.45, 7) is 0. The molecule has 2 N–H and O–H groups in total. The van der Waals surface area contributed by atoms with Crippen LogP contribution in [0.1, 0.15) is 5.56 Å². The van der Waals surface area contributed by atoms with Gasteiger partial charge in [-0.05, 0) is 30.3 Å². The van der Waals surface area contributed by atoms with E-state index in [1.54, 1.807) is 24.4 Å². The maximum absolute atomic E-state index is 13.2. The lowest BCUT2D eigenvalue weighted by molar-refractivity contribution is 0.628. The number of halogens is 1. The Balaban J connectivity index is 2.61. The highest BCUT2D eigenvalue weighted by Gasteiger charge is 2.06. The van der Waals surface area contributed by atoms with Crippen molar-refractivity contribution in [2.24, 2.45) is 0 Å². The van der Waals surface area contributed by atoms with E-state index >= 15 is 0 Å². The summed E-state index contributed by atoms with van der Waals surface area (Å²) in [5.74, 6) is -0.473. The zero-order valence-corrected chi connectivity index (χ0v) is 8.31. The summed E-state index contributed by atoms with van der Waals surface area (Å²) in [6, 6.07) is 9.30. The highest BCUT2D eigenvalue weighted by atomic mass is 19.1. The lowest BCUT2D eigenvalue weighted by atomic mass is 10.1. The number of rotatable bonds is 1. The van der Waals surface area contributed by atoms with Crippen LogP contribution in [0.15, 0.2) is 36.5 Å². The molecule has 2 aromatic rings. The molecular weight excluding hydrogens is 205 g/mol. The maximum atomic E-state index is 13.2. The molecule has 0 aliphatic heterocycles. The van der Waals surface area contributed by atoms with E-state index in [0.717, 1.165) is 0 Å². The first-order chi connectivity index (χ1) is 7.70. The molecule has 2 rings (SSSR count). The lowest BCUT2D eigenvalue weighted by Gasteiger charge is -2.04. The summed E-state index contributed by atoms with van der Waals surface area (Å²) in [7, 11) is 0. The average Bonchev–Trinajstić information content (AvgIpc) is 2.28. The minimum atomic E-state index is -0.473. The van der Waals surface area contributed by atoms with Crippen molar-refractivity contribution in [3.8, 4) is 17.3 Å². The van der Waals surface area contributed by atoms with Crippen molar-refractivity contribution < 1.29 is 4.39 Å². The molecule has 0 radical (unpaired) electrons. The van der Waals surface area contributed by atoms with Gasteiger partial charge in [-0.3, -0.25) is 4.98 Å². The minimum Gasteiger partial charge on any atom is -0.397 e. The van der Waals surface area contributed by atoms with Gasteiger partial charge in [-0.1, -0.05) is 0 Å². The van der Waals surface area contributed by atoms with Crippen molar-refractivity contribution in [3.05, 3.63) is 47.9 Å². The van der Waals surface area contributed by atoms with Crippen LogP contribution in [0.3, 0.4) is 0 Å². The van der Waals surface area contributed by atoms with Crippen LogP contribution in [-0.4, -0.2) is 4.98 Å². The predicted molar refractivity (Wildman–Crippen MR) is 58.8 cm³/mol. The van der Waals surface area contributed by atoms with Crippen molar-refractivity contribution in [3.63, 3.8) is 0 Å². The van der Waals surface area contributed by atoms with E-state index in [0.29, 0.717) is 16.9 Å². The van der Waals surface area contributed by atoms with E-state index in [-0.39, 0.29) is 5.56 Å². The quantitative estimate of drug-likeness (QED) is 0.790. The number of benzene rings is 1. The number of nitrogen functional groups attached to an aromatic ring is 1. The highest BCUT2D eigenvalue weighted by Crippen LogP contribution is 2.24. The van der Waals surface area contributed by atoms with E-state index in [4.69, 9.17) is 11.0 Å². The van der Waals surface area contributed by atoms with E-state index in [9.17, 15) is 4.39 Å². The van der Waals surface area contributed by atoms with Crippen LogP contribution in [0, 0.1) is 17.1 Å². The number of aromatic nitrogens is 1. The van der Waals surface area contributed by atoms with Crippen LogP contribution in [0.2, 0.25) is 0 Å². The van der Waals surface area contributed by atoms with Gasteiger partial charge in [-0.2, -0.15) is 5.26 Å². The average molecular weight is 213 g/mol. The molecule has 4 heteroatoms. The molecule has 0 spiro atoms. The van der Waals surface area contributed by atoms with Crippen molar-refractivity contribution in [2.75, 3.05) is 5.73 Å². The number of nitrogens with two attached hydrogens (primary N) is 1. The smallest absolute Gasteiger partial charge is 0.125 e. The van der Waals surface area contributed by atoms with E-state index in [1.807, 2.05) is 6.07 Å². The number of nitriles is 1. The third-order valence-corrected chi connectivity index (χ3v) is 2.14. The molecule has 1 heterocycles. The molecule has 78 valence electrons. The summed E-state index contributed by atoms with van der Waals surface area (Å²) < 4.78 is 13.2. The Kier molecular flexibility index (Phi) is 2.52. The van der Waals surface area contributed by atoms with Crippen LogP contribution in [0.5, 0.6) is 0 Å². The van der Waals surface area contributed by atoms with Gasteiger partial charge in [0.05, 0.1) is 23.0 Å². The Hall–Kier alpha value is -2.41. The summed E-state index contributed by atoms with van der Waals surface area (Å²) in [4.78, 5) is 4.06. The molecule has 0 bridgehead atoms. The fraction of sp³-hybridized carbons (Fsp3) is 0. The molecule has 0 unspecified atom stereocenters. The monoisotopic (exact) mass is 213 g/mol. The first-order valence-electron chi connectivity index (χ1n) is 4.62. The molecule has 0 amide bonds.